The van der Waals surface area contributed by atoms with Crippen molar-refractivity contribution in [2.45, 2.75) is 123 Å². The zero-order valence-corrected chi connectivity index (χ0v) is 22.0. The van der Waals surface area contributed by atoms with Gasteiger partial charge in [0.1, 0.15) is 6.10 Å². The predicted molar refractivity (Wildman–Crippen MR) is 138 cm³/mol. The largest absolute Gasteiger partial charge is 0.458 e. The van der Waals surface area contributed by atoms with E-state index in [9.17, 15) is 9.90 Å². The Hall–Kier alpha value is -1.81. The van der Waals surface area contributed by atoms with Gasteiger partial charge in [0, 0.05) is 19.2 Å². The number of piperidine rings is 1. The molecule has 0 aromatic carbocycles. The number of esters is 1. The highest BCUT2D eigenvalue weighted by Gasteiger charge is 2.41. The molecule has 3 aliphatic rings. The Morgan fingerprint density at radius 3 is 2.67 bits per heavy atom. The van der Waals surface area contributed by atoms with E-state index in [0.717, 1.165) is 63.5 Å². The average Bonchev–Trinajstić information content (AvgIpc) is 3.09. The van der Waals surface area contributed by atoms with Crippen LogP contribution in [0.1, 0.15) is 106 Å². The van der Waals surface area contributed by atoms with Crippen molar-refractivity contribution >= 4 is 5.97 Å². The topological polar surface area (TPSA) is 49.8 Å². The Labute approximate surface area is 202 Å². The maximum absolute atomic E-state index is 11.4. The summed E-state index contributed by atoms with van der Waals surface area (Å²) in [7, 11) is 0. The molecule has 0 spiro atoms. The molecule has 0 unspecified atom stereocenters. The molecule has 2 aliphatic heterocycles. The molecule has 186 valence electrons. The van der Waals surface area contributed by atoms with Crippen molar-refractivity contribution in [3.63, 3.8) is 0 Å². The number of ether oxygens (including phenoxy) is 1. The second kappa shape index (κ2) is 12.1. The third kappa shape index (κ3) is 7.34. The molecule has 4 heteroatoms. The Kier molecular flexibility index (Phi) is 10.0. The first-order valence-electron chi connectivity index (χ1n) is 13.1. The summed E-state index contributed by atoms with van der Waals surface area (Å²) in [5.74, 6) is -0.230. The van der Waals surface area contributed by atoms with Gasteiger partial charge in [-0.1, -0.05) is 39.0 Å². The Morgan fingerprint density at radius 1 is 1.27 bits per heavy atom. The average molecular weight is 458 g/mol. The summed E-state index contributed by atoms with van der Waals surface area (Å²) >= 11 is 0. The summed E-state index contributed by atoms with van der Waals surface area (Å²) in [5, 5.41) is 9.96. The minimum absolute atomic E-state index is 0.126. The van der Waals surface area contributed by atoms with E-state index in [1.165, 1.54) is 31.0 Å². The summed E-state index contributed by atoms with van der Waals surface area (Å²) in [4.78, 5) is 14.0. The van der Waals surface area contributed by atoms with Gasteiger partial charge >= 0.3 is 5.97 Å². The molecule has 1 saturated heterocycles. The maximum atomic E-state index is 11.4. The number of fused-ring (bicyclic) bond motifs is 1. The fourth-order valence-electron chi connectivity index (χ4n) is 5.43. The number of hydrogen-bond acceptors (Lipinski definition) is 4. The lowest BCUT2D eigenvalue weighted by molar-refractivity contribution is -0.145. The number of carbonyl (C=O) groups excluding carboxylic acids is 1. The lowest BCUT2D eigenvalue weighted by Crippen LogP contribution is -2.45. The first-order chi connectivity index (χ1) is 15.6. The molecule has 1 N–H and O–H groups in total. The summed E-state index contributed by atoms with van der Waals surface area (Å²) in [6.07, 6.45) is 17.4. The van der Waals surface area contributed by atoms with Crippen molar-refractivity contribution in [2.24, 2.45) is 0 Å². The number of carbonyl (C=O) groups is 1. The fourth-order valence-corrected chi connectivity index (χ4v) is 5.43. The smallest absolute Gasteiger partial charge is 0.303 e. The number of rotatable bonds is 7. The van der Waals surface area contributed by atoms with Crippen LogP contribution in [0.4, 0.5) is 0 Å². The quantitative estimate of drug-likeness (QED) is 0.254. The van der Waals surface area contributed by atoms with Gasteiger partial charge in [-0.05, 0) is 101 Å². The summed E-state index contributed by atoms with van der Waals surface area (Å²) < 4.78 is 5.46. The van der Waals surface area contributed by atoms with Crippen molar-refractivity contribution in [2.75, 3.05) is 6.54 Å². The zero-order valence-electron chi connectivity index (χ0n) is 22.0. The highest BCUT2D eigenvalue weighted by atomic mass is 16.5. The summed E-state index contributed by atoms with van der Waals surface area (Å²) in [6, 6.07) is 0. The molecule has 2 atom stereocenters. The molecule has 0 aromatic rings. The Balaban J connectivity index is 0.00000187. The van der Waals surface area contributed by atoms with Crippen LogP contribution in [0.2, 0.25) is 0 Å². The van der Waals surface area contributed by atoms with Crippen LogP contribution in [-0.2, 0) is 9.53 Å². The first kappa shape index (κ1) is 27.4. The van der Waals surface area contributed by atoms with Crippen LogP contribution in [0.25, 0.3) is 0 Å². The SMILES string of the molecule is C=C1/C(=C\C=C2/CCC[C@]3(C)C(CCCCC(C)(C)O)=CCN23)CCC[C@@H]1OC(C)=O.CC. The number of aliphatic hydroxyl groups is 1. The van der Waals surface area contributed by atoms with E-state index in [-0.39, 0.29) is 17.6 Å². The van der Waals surface area contributed by atoms with Crippen LogP contribution in [0.15, 0.2) is 47.2 Å². The van der Waals surface area contributed by atoms with E-state index in [1.54, 1.807) is 5.57 Å². The van der Waals surface area contributed by atoms with Gasteiger partial charge in [0.05, 0.1) is 11.1 Å². The molecule has 4 nitrogen and oxygen atoms in total. The third-order valence-electron chi connectivity index (χ3n) is 7.23. The van der Waals surface area contributed by atoms with Crippen molar-refractivity contribution in [3.8, 4) is 0 Å². The van der Waals surface area contributed by atoms with Gasteiger partial charge in [0.2, 0.25) is 0 Å². The van der Waals surface area contributed by atoms with E-state index in [0.29, 0.717) is 0 Å². The predicted octanol–water partition coefficient (Wildman–Crippen LogP) is 7.01. The third-order valence-corrected chi connectivity index (χ3v) is 7.23. The van der Waals surface area contributed by atoms with E-state index < -0.39 is 5.60 Å². The van der Waals surface area contributed by atoms with Gasteiger partial charge in [0.25, 0.3) is 0 Å². The number of allylic oxidation sites excluding steroid dienone is 3. The first-order valence-corrected chi connectivity index (χ1v) is 13.1. The van der Waals surface area contributed by atoms with Crippen molar-refractivity contribution < 1.29 is 14.6 Å². The van der Waals surface area contributed by atoms with Gasteiger partial charge in [-0.15, -0.1) is 0 Å². The van der Waals surface area contributed by atoms with E-state index in [4.69, 9.17) is 4.74 Å². The van der Waals surface area contributed by atoms with E-state index in [2.05, 4.69) is 36.6 Å². The second-order valence-corrected chi connectivity index (χ2v) is 10.4. The normalized spacial score (nSPS) is 27.7. The maximum Gasteiger partial charge on any atom is 0.303 e. The zero-order chi connectivity index (χ0) is 24.6. The molecule has 2 heterocycles. The lowest BCUT2D eigenvalue weighted by Gasteiger charge is -2.45. The highest BCUT2D eigenvalue weighted by molar-refractivity contribution is 5.66. The molecule has 0 bridgehead atoms. The van der Waals surface area contributed by atoms with Crippen molar-refractivity contribution in [3.05, 3.63) is 47.2 Å². The van der Waals surface area contributed by atoms with Gasteiger partial charge in [0.15, 0.2) is 0 Å². The summed E-state index contributed by atoms with van der Waals surface area (Å²) in [5.41, 5.74) is 4.72. The van der Waals surface area contributed by atoms with Gasteiger partial charge in [-0.3, -0.25) is 4.79 Å². The number of hydrogen-bond donors (Lipinski definition) is 1. The number of nitrogens with zero attached hydrogens (tertiary/aromatic N) is 1. The number of unbranched alkanes of at least 4 members (excludes halogenated alkanes) is 1. The van der Waals surface area contributed by atoms with Gasteiger partial charge < -0.3 is 14.7 Å². The summed E-state index contributed by atoms with van der Waals surface area (Å²) in [6.45, 7) is 16.9. The van der Waals surface area contributed by atoms with Crippen LogP contribution < -0.4 is 0 Å². The van der Waals surface area contributed by atoms with Crippen LogP contribution in [0.3, 0.4) is 0 Å². The highest BCUT2D eigenvalue weighted by Crippen LogP contribution is 2.44. The van der Waals surface area contributed by atoms with Crippen molar-refractivity contribution in [1.82, 2.24) is 4.90 Å². The molecule has 0 aromatic heterocycles. The minimum Gasteiger partial charge on any atom is -0.458 e. The molecular formula is C29H47NO3. The Bertz CT molecular complexity index is 783. The van der Waals surface area contributed by atoms with Crippen LogP contribution in [-0.4, -0.2) is 39.8 Å². The van der Waals surface area contributed by atoms with Gasteiger partial charge in [-0.25, -0.2) is 0 Å². The second-order valence-electron chi connectivity index (χ2n) is 10.4. The molecule has 1 aliphatic carbocycles. The van der Waals surface area contributed by atoms with Gasteiger partial charge in [-0.2, -0.15) is 0 Å². The fraction of sp³-hybridized carbons (Fsp3) is 0.690. The minimum atomic E-state index is -0.564. The monoisotopic (exact) mass is 457 g/mol. The Morgan fingerprint density at radius 2 is 2.00 bits per heavy atom. The standard InChI is InChI=1S/C27H41NO3.C2H6/c1-20-22(10-8-13-25(20)31-21(2)29)14-15-24-12-9-18-27(5)23(16-19-28(24)27)11-6-7-17-26(3,4)30;1-2/h14-16,25,30H,1,6-13,17-19H2,2-5H3;1-2H3/b22-14-,24-15+;/t25-,27+;/m0./s1. The van der Waals surface area contributed by atoms with Crippen LogP contribution in [0, 0.1) is 0 Å². The van der Waals surface area contributed by atoms with E-state index >= 15 is 0 Å². The molecule has 0 radical (unpaired) electrons. The molecule has 0 amide bonds. The molecule has 33 heavy (non-hydrogen) atoms. The lowest BCUT2D eigenvalue weighted by atomic mass is 9.80. The molecule has 2 fully saturated rings. The molecule has 1 saturated carbocycles. The van der Waals surface area contributed by atoms with Crippen LogP contribution in [0.5, 0.6) is 0 Å². The van der Waals surface area contributed by atoms with Crippen LogP contribution >= 0.6 is 0 Å². The molecular weight excluding hydrogens is 410 g/mol. The molecule has 3 rings (SSSR count). The van der Waals surface area contributed by atoms with Crippen molar-refractivity contribution in [1.29, 1.82) is 0 Å². The van der Waals surface area contributed by atoms with E-state index in [1.807, 2.05) is 27.7 Å².